The molecule has 6 N–H and O–H groups in total. The predicted octanol–water partition coefficient (Wildman–Crippen LogP) is 8.95. The number of carbonyl (C=O) groups excluding carboxylic acids is 6. The Morgan fingerprint density at radius 3 is 2.06 bits per heavy atom. The molecule has 1 saturated carbocycles. The van der Waals surface area contributed by atoms with Crippen molar-refractivity contribution in [1.82, 2.24) is 25.8 Å². The van der Waals surface area contributed by atoms with Crippen molar-refractivity contribution < 1.29 is 57.9 Å². The number of aromatic hydroxyl groups is 2. The van der Waals surface area contributed by atoms with Gasteiger partial charge in [-0.1, -0.05) is 62.9 Å². The van der Waals surface area contributed by atoms with Crippen molar-refractivity contribution in [1.29, 1.82) is 0 Å². The van der Waals surface area contributed by atoms with Crippen LogP contribution in [0.4, 0.5) is 5.69 Å². The molecule has 1 aliphatic carbocycles. The first kappa shape index (κ1) is 58.4. The van der Waals surface area contributed by atoms with E-state index < -0.39 is 11.6 Å². The highest BCUT2D eigenvalue weighted by Crippen LogP contribution is 2.57. The number of phenols is 2. The van der Waals surface area contributed by atoms with E-state index in [2.05, 4.69) is 34.3 Å². The SMILES string of the molecule is CCc1cccc(N(CC)C(=O)Cn2c(C(=O)N[C@H]3CC[C@H](C(=O)NCCCCCCCCNC(=O)CCOCCOCCNC(=O)c4ccc5c(c4)C4(OC5=O)c5ccc(O)cc5Oc5cc(O)ccc54)CC3)cc3ccccc32)c1. The molecule has 1 fully saturated rings. The quantitative estimate of drug-likeness (QED) is 0.0210. The van der Waals surface area contributed by atoms with Crippen molar-refractivity contribution >= 4 is 52.1 Å². The standard InChI is InChI=1S/C64H74N6O12/c1-3-42-14-13-16-47(36-42)69(4-2)59(74)41-70-54-17-10-9-15-44(54)38-55(70)62(77)68-46-21-18-43(19-22-46)60(75)66-30-12-8-6-5-7-11-29-65-58(73)28-32-79-34-35-80-33-31-67-61(76)45-20-25-50-53(37-45)64(82-63(50)78)51-26-23-48(71)39-56(51)81-57-40-49(72)24-27-52(57)64/h9-10,13-17,20,23-27,36-40,43,46,71-72H,3-8,11-12,18-19,21-22,28-35,41H2,1-2H3,(H,65,73)(H,66,75)(H,67,76)(H,68,77)/t43-,46-. The number of phenolic OH excluding ortho intramolecular Hbond substituents is 2. The van der Waals surface area contributed by atoms with Crippen LogP contribution < -0.4 is 30.9 Å². The van der Waals surface area contributed by atoms with Gasteiger partial charge < -0.3 is 59.9 Å². The molecule has 82 heavy (non-hydrogen) atoms. The van der Waals surface area contributed by atoms with Crippen molar-refractivity contribution in [3.63, 3.8) is 0 Å². The van der Waals surface area contributed by atoms with E-state index in [1.54, 1.807) is 35.2 Å². The smallest absolute Gasteiger partial charge is 0.340 e. The van der Waals surface area contributed by atoms with Gasteiger partial charge in [0.1, 0.15) is 35.2 Å². The van der Waals surface area contributed by atoms with E-state index in [4.69, 9.17) is 18.9 Å². The van der Waals surface area contributed by atoms with Crippen LogP contribution >= 0.6 is 0 Å². The number of nitrogens with zero attached hydrogens (tertiary/aromatic N) is 2. The minimum Gasteiger partial charge on any atom is -0.508 e. The molecule has 5 aromatic carbocycles. The summed E-state index contributed by atoms with van der Waals surface area (Å²) in [6.45, 7) is 7.06. The molecule has 0 unspecified atom stereocenters. The maximum Gasteiger partial charge on any atom is 0.340 e. The van der Waals surface area contributed by atoms with Crippen molar-refractivity contribution in [3.05, 3.63) is 148 Å². The molecular formula is C64H74N6O12. The highest BCUT2D eigenvalue weighted by Gasteiger charge is 2.54. The molecule has 6 aromatic rings. The van der Waals surface area contributed by atoms with E-state index in [1.807, 2.05) is 60.0 Å². The number of anilines is 1. The van der Waals surface area contributed by atoms with Gasteiger partial charge in [-0.15, -0.1) is 0 Å². The van der Waals surface area contributed by atoms with Gasteiger partial charge >= 0.3 is 5.97 Å². The number of aromatic nitrogens is 1. The molecule has 3 aliphatic rings. The number of rotatable bonds is 27. The zero-order valence-electron chi connectivity index (χ0n) is 46.8. The van der Waals surface area contributed by atoms with E-state index in [-0.39, 0.29) is 122 Å². The highest BCUT2D eigenvalue weighted by atomic mass is 16.6. The van der Waals surface area contributed by atoms with Crippen LogP contribution in [0.2, 0.25) is 0 Å². The van der Waals surface area contributed by atoms with Crippen molar-refractivity contribution in [2.45, 2.75) is 109 Å². The van der Waals surface area contributed by atoms with Gasteiger partial charge in [0.15, 0.2) is 5.60 Å². The molecule has 432 valence electrons. The first-order valence-electron chi connectivity index (χ1n) is 28.9. The number of para-hydroxylation sites is 1. The van der Waals surface area contributed by atoms with Crippen LogP contribution in [-0.2, 0) is 47.2 Å². The number of unbranched alkanes of at least 4 members (excludes halogenated alkanes) is 5. The summed E-state index contributed by atoms with van der Waals surface area (Å²) in [5, 5.41) is 33.4. The molecule has 5 amide bonds. The summed E-state index contributed by atoms with van der Waals surface area (Å²) < 4.78 is 25.1. The Morgan fingerprint density at radius 1 is 0.671 bits per heavy atom. The number of nitrogens with one attached hydrogen (secondary N) is 4. The highest BCUT2D eigenvalue weighted by molar-refractivity contribution is 6.02. The van der Waals surface area contributed by atoms with Crippen molar-refractivity contribution in [2.24, 2.45) is 5.92 Å². The second-order valence-electron chi connectivity index (χ2n) is 21.1. The fourth-order valence-corrected chi connectivity index (χ4v) is 11.3. The van der Waals surface area contributed by atoms with E-state index >= 15 is 0 Å². The summed E-state index contributed by atoms with van der Waals surface area (Å²) in [5.41, 5.74) is 3.70. The summed E-state index contributed by atoms with van der Waals surface area (Å²) >= 11 is 0. The Labute approximate surface area is 477 Å². The summed E-state index contributed by atoms with van der Waals surface area (Å²) in [5.74, 6) is -1.01. The fourth-order valence-electron chi connectivity index (χ4n) is 11.3. The number of fused-ring (bicyclic) bond motifs is 7. The number of benzene rings is 5. The summed E-state index contributed by atoms with van der Waals surface area (Å²) in [4.78, 5) is 81.4. The van der Waals surface area contributed by atoms with Gasteiger partial charge in [-0.3, -0.25) is 24.0 Å². The number of amides is 5. The molecule has 0 atom stereocenters. The minimum absolute atomic E-state index is 0.0325. The summed E-state index contributed by atoms with van der Waals surface area (Å²) in [6.07, 6.45) is 9.79. The minimum atomic E-state index is -1.49. The second-order valence-corrected chi connectivity index (χ2v) is 21.1. The van der Waals surface area contributed by atoms with Crippen LogP contribution in [0.5, 0.6) is 23.0 Å². The Kier molecular flexibility index (Phi) is 19.6. The molecule has 9 rings (SSSR count). The molecule has 0 radical (unpaired) electrons. The van der Waals surface area contributed by atoms with E-state index in [0.29, 0.717) is 67.7 Å². The third kappa shape index (κ3) is 13.7. The van der Waals surface area contributed by atoms with Crippen molar-refractivity contribution in [3.8, 4) is 23.0 Å². The maximum atomic E-state index is 13.8. The van der Waals surface area contributed by atoms with Crippen LogP contribution in [0.3, 0.4) is 0 Å². The second kappa shape index (κ2) is 27.5. The Bertz CT molecular complexity index is 3220. The fraction of sp³-hybridized carbons (Fsp3) is 0.406. The number of esters is 1. The lowest BCUT2D eigenvalue weighted by molar-refractivity contribution is -0.126. The molecule has 1 spiro atoms. The summed E-state index contributed by atoms with van der Waals surface area (Å²) in [6, 6.07) is 31.2. The zero-order chi connectivity index (χ0) is 57.6. The monoisotopic (exact) mass is 1120 g/mol. The lowest BCUT2D eigenvalue weighted by Crippen LogP contribution is -2.42. The lowest BCUT2D eigenvalue weighted by atomic mass is 9.77. The molecule has 18 nitrogen and oxygen atoms in total. The van der Waals surface area contributed by atoms with Gasteiger partial charge in [0.25, 0.3) is 11.8 Å². The van der Waals surface area contributed by atoms with Crippen LogP contribution in [0, 0.1) is 5.92 Å². The Balaban J connectivity index is 0.583. The molecular weight excluding hydrogens is 1040 g/mol. The average Bonchev–Trinajstić information content (AvgIpc) is 1.89. The Morgan fingerprint density at radius 2 is 1.35 bits per heavy atom. The maximum absolute atomic E-state index is 13.8. The van der Waals surface area contributed by atoms with Gasteiger partial charge in [-0.05, 0) is 124 Å². The molecule has 3 heterocycles. The third-order valence-corrected chi connectivity index (χ3v) is 15.7. The van der Waals surface area contributed by atoms with Crippen LogP contribution in [0.1, 0.15) is 138 Å². The first-order chi connectivity index (χ1) is 39.9. The number of likely N-dealkylation sites (N-methyl/N-ethyl adjacent to an activating group) is 1. The molecule has 1 aromatic heterocycles. The predicted molar refractivity (Wildman–Crippen MR) is 309 cm³/mol. The van der Waals surface area contributed by atoms with Crippen LogP contribution in [-0.4, -0.2) is 109 Å². The lowest BCUT2D eigenvalue weighted by Gasteiger charge is -2.36. The molecule has 0 saturated heterocycles. The largest absolute Gasteiger partial charge is 0.508 e. The number of aryl methyl sites for hydroxylation is 1. The van der Waals surface area contributed by atoms with Crippen LogP contribution in [0.25, 0.3) is 10.9 Å². The zero-order valence-corrected chi connectivity index (χ0v) is 46.8. The van der Waals surface area contributed by atoms with E-state index in [0.717, 1.165) is 67.1 Å². The van der Waals surface area contributed by atoms with Gasteiger partial charge in [-0.25, -0.2) is 4.79 Å². The summed E-state index contributed by atoms with van der Waals surface area (Å²) in [7, 11) is 0. The number of ether oxygens (including phenoxy) is 4. The third-order valence-electron chi connectivity index (χ3n) is 15.7. The topological polar surface area (TPSA) is 236 Å². The van der Waals surface area contributed by atoms with Gasteiger partial charge in [-0.2, -0.15) is 0 Å². The van der Waals surface area contributed by atoms with Gasteiger partial charge in [0.05, 0.1) is 32.0 Å². The molecule has 2 aliphatic heterocycles. The normalized spacial score (nSPS) is 15.6. The van der Waals surface area contributed by atoms with E-state index in [1.165, 1.54) is 24.3 Å². The van der Waals surface area contributed by atoms with Gasteiger partial charge in [0, 0.05) is 95.5 Å². The molecule has 18 heteroatoms. The average molecular weight is 1120 g/mol. The number of carbonyl (C=O) groups is 6. The molecule has 0 bridgehead atoms. The number of hydrogen-bond donors (Lipinski definition) is 6. The number of hydrogen-bond acceptors (Lipinski definition) is 12. The van der Waals surface area contributed by atoms with E-state index in [9.17, 15) is 39.0 Å². The van der Waals surface area contributed by atoms with Crippen molar-refractivity contribution in [2.75, 3.05) is 57.5 Å². The first-order valence-corrected chi connectivity index (χ1v) is 28.9. The van der Waals surface area contributed by atoms with Gasteiger partial charge in [0.2, 0.25) is 17.7 Å². The Hall–Kier alpha value is -8.22. The van der Waals surface area contributed by atoms with Crippen LogP contribution in [0.15, 0.2) is 109 Å².